The minimum absolute atomic E-state index is 0.616. The van der Waals surface area contributed by atoms with E-state index in [0.29, 0.717) is 6.42 Å². The van der Waals surface area contributed by atoms with Gasteiger partial charge in [-0.25, -0.2) is 0 Å². The Hall–Kier alpha value is -1.31. The van der Waals surface area contributed by atoms with Crippen LogP contribution in [-0.2, 0) is 10.2 Å². The van der Waals surface area contributed by atoms with Crippen LogP contribution in [0.15, 0.2) is 24.3 Å². The van der Waals surface area contributed by atoms with Crippen molar-refractivity contribution in [3.63, 3.8) is 0 Å². The lowest BCUT2D eigenvalue weighted by Crippen LogP contribution is -2.31. The summed E-state index contributed by atoms with van der Waals surface area (Å²) in [5.74, 6) is -0.0130. The van der Waals surface area contributed by atoms with Crippen LogP contribution in [0.25, 0.3) is 0 Å². The zero-order chi connectivity index (χ0) is 11.8. The summed E-state index contributed by atoms with van der Waals surface area (Å²) in [5.41, 5.74) is 1.52. The highest BCUT2D eigenvalue weighted by atomic mass is 16.4. The molecule has 1 N–H and O–H groups in total. The van der Waals surface area contributed by atoms with E-state index in [1.807, 2.05) is 19.1 Å². The standard InChI is InChI=1S/C14H18O2/c1-3-14(2,13(15)16)12-8-6-11(7-9-12)10-4-5-10/h6-10H,3-5H2,1-2H3,(H,15,16). The molecule has 0 amide bonds. The lowest BCUT2D eigenvalue weighted by atomic mass is 9.80. The first kappa shape index (κ1) is 11.2. The molecule has 2 rings (SSSR count). The van der Waals surface area contributed by atoms with Gasteiger partial charge in [-0.2, -0.15) is 0 Å². The van der Waals surface area contributed by atoms with E-state index in [9.17, 15) is 9.90 Å². The molecular weight excluding hydrogens is 200 g/mol. The van der Waals surface area contributed by atoms with Crippen LogP contribution in [0, 0.1) is 0 Å². The molecule has 1 aromatic rings. The molecule has 2 nitrogen and oxygen atoms in total. The third-order valence-corrected chi connectivity index (χ3v) is 3.78. The molecule has 1 aromatic carbocycles. The Balaban J connectivity index is 2.28. The Kier molecular flexibility index (Phi) is 2.75. The quantitative estimate of drug-likeness (QED) is 0.841. The number of aliphatic carboxylic acids is 1. The van der Waals surface area contributed by atoms with Crippen LogP contribution in [0.5, 0.6) is 0 Å². The van der Waals surface area contributed by atoms with E-state index >= 15 is 0 Å². The Morgan fingerprint density at radius 2 is 1.94 bits per heavy atom. The fraction of sp³-hybridized carbons (Fsp3) is 0.500. The maximum atomic E-state index is 11.3. The van der Waals surface area contributed by atoms with Crippen molar-refractivity contribution in [1.82, 2.24) is 0 Å². The Morgan fingerprint density at radius 3 is 2.31 bits per heavy atom. The van der Waals surface area contributed by atoms with Gasteiger partial charge in [-0.15, -0.1) is 0 Å². The van der Waals surface area contributed by atoms with Crippen molar-refractivity contribution in [3.8, 4) is 0 Å². The zero-order valence-corrected chi connectivity index (χ0v) is 9.86. The minimum atomic E-state index is -0.748. The smallest absolute Gasteiger partial charge is 0.313 e. The van der Waals surface area contributed by atoms with E-state index in [1.165, 1.54) is 18.4 Å². The van der Waals surface area contributed by atoms with E-state index in [2.05, 4.69) is 12.1 Å². The van der Waals surface area contributed by atoms with Gasteiger partial charge < -0.3 is 5.11 Å². The lowest BCUT2D eigenvalue weighted by molar-refractivity contribution is -0.143. The lowest BCUT2D eigenvalue weighted by Gasteiger charge is -2.23. The zero-order valence-electron chi connectivity index (χ0n) is 9.86. The molecule has 16 heavy (non-hydrogen) atoms. The fourth-order valence-corrected chi connectivity index (χ4v) is 2.02. The molecule has 1 fully saturated rings. The van der Waals surface area contributed by atoms with Crippen molar-refractivity contribution in [2.45, 2.75) is 44.4 Å². The van der Waals surface area contributed by atoms with Gasteiger partial charge in [0.2, 0.25) is 0 Å². The van der Waals surface area contributed by atoms with Crippen LogP contribution in [0.2, 0.25) is 0 Å². The second-order valence-corrected chi connectivity index (χ2v) is 4.89. The van der Waals surface area contributed by atoms with Gasteiger partial charge in [-0.3, -0.25) is 4.79 Å². The van der Waals surface area contributed by atoms with Crippen LogP contribution in [0.1, 0.15) is 50.2 Å². The van der Waals surface area contributed by atoms with Crippen LogP contribution in [0.4, 0.5) is 0 Å². The molecule has 0 heterocycles. The van der Waals surface area contributed by atoms with E-state index in [0.717, 1.165) is 11.5 Å². The molecule has 1 saturated carbocycles. The molecule has 0 aliphatic heterocycles. The number of benzene rings is 1. The van der Waals surface area contributed by atoms with Gasteiger partial charge in [0.1, 0.15) is 0 Å². The average Bonchev–Trinajstić information content (AvgIpc) is 3.12. The molecule has 1 aliphatic rings. The molecule has 1 atom stereocenters. The number of rotatable bonds is 4. The van der Waals surface area contributed by atoms with E-state index in [4.69, 9.17) is 0 Å². The molecule has 2 heteroatoms. The van der Waals surface area contributed by atoms with E-state index in [1.54, 1.807) is 6.92 Å². The van der Waals surface area contributed by atoms with Crippen LogP contribution < -0.4 is 0 Å². The van der Waals surface area contributed by atoms with Crippen molar-refractivity contribution >= 4 is 5.97 Å². The molecule has 0 radical (unpaired) electrons. The molecule has 1 aliphatic carbocycles. The maximum absolute atomic E-state index is 11.3. The SMILES string of the molecule is CCC(C)(C(=O)O)c1ccc(C2CC2)cc1. The van der Waals surface area contributed by atoms with Crippen molar-refractivity contribution in [3.05, 3.63) is 35.4 Å². The fourth-order valence-electron chi connectivity index (χ4n) is 2.02. The van der Waals surface area contributed by atoms with Crippen molar-refractivity contribution < 1.29 is 9.90 Å². The first-order valence-corrected chi connectivity index (χ1v) is 5.91. The molecule has 1 unspecified atom stereocenters. The third kappa shape index (κ3) is 1.84. The second-order valence-electron chi connectivity index (χ2n) is 4.89. The predicted molar refractivity (Wildman–Crippen MR) is 63.7 cm³/mol. The average molecular weight is 218 g/mol. The van der Waals surface area contributed by atoms with Gasteiger partial charge in [0, 0.05) is 0 Å². The maximum Gasteiger partial charge on any atom is 0.313 e. The first-order valence-electron chi connectivity index (χ1n) is 5.91. The van der Waals surface area contributed by atoms with E-state index < -0.39 is 11.4 Å². The summed E-state index contributed by atoms with van der Waals surface area (Å²) in [6, 6.07) is 8.13. The monoisotopic (exact) mass is 218 g/mol. The Labute approximate surface area is 96.3 Å². The largest absolute Gasteiger partial charge is 0.481 e. The number of carbonyl (C=O) groups is 1. The van der Waals surface area contributed by atoms with Crippen molar-refractivity contribution in [2.75, 3.05) is 0 Å². The van der Waals surface area contributed by atoms with Gasteiger partial charge in [-0.05, 0) is 43.2 Å². The molecule has 0 spiro atoms. The summed E-state index contributed by atoms with van der Waals surface area (Å²) in [4.78, 5) is 11.3. The van der Waals surface area contributed by atoms with Gasteiger partial charge in [0.15, 0.2) is 0 Å². The second kappa shape index (κ2) is 3.93. The van der Waals surface area contributed by atoms with Gasteiger partial charge in [0.05, 0.1) is 5.41 Å². The summed E-state index contributed by atoms with van der Waals surface area (Å²) < 4.78 is 0. The topological polar surface area (TPSA) is 37.3 Å². The van der Waals surface area contributed by atoms with Gasteiger partial charge in [-0.1, -0.05) is 31.2 Å². The Morgan fingerprint density at radius 1 is 1.38 bits per heavy atom. The predicted octanol–water partition coefficient (Wildman–Crippen LogP) is 3.32. The van der Waals surface area contributed by atoms with Crippen molar-refractivity contribution in [2.24, 2.45) is 0 Å². The van der Waals surface area contributed by atoms with E-state index in [-0.39, 0.29) is 0 Å². The molecule has 0 saturated heterocycles. The molecular formula is C14H18O2. The highest BCUT2D eigenvalue weighted by Crippen LogP contribution is 2.40. The van der Waals surface area contributed by atoms with Crippen LogP contribution in [-0.4, -0.2) is 11.1 Å². The summed E-state index contributed by atoms with van der Waals surface area (Å²) >= 11 is 0. The molecule has 0 aromatic heterocycles. The van der Waals surface area contributed by atoms with Gasteiger partial charge in [0.25, 0.3) is 0 Å². The summed E-state index contributed by atoms with van der Waals surface area (Å²) in [6.07, 6.45) is 3.18. The normalized spacial score (nSPS) is 19.1. The highest BCUT2D eigenvalue weighted by molar-refractivity contribution is 5.80. The van der Waals surface area contributed by atoms with Gasteiger partial charge >= 0.3 is 5.97 Å². The van der Waals surface area contributed by atoms with Crippen LogP contribution in [0.3, 0.4) is 0 Å². The first-order chi connectivity index (χ1) is 7.58. The number of hydrogen-bond acceptors (Lipinski definition) is 1. The number of carboxylic acids is 1. The summed E-state index contributed by atoms with van der Waals surface area (Å²) in [7, 11) is 0. The number of carboxylic acid groups (broad SMARTS) is 1. The molecule has 0 bridgehead atoms. The number of hydrogen-bond donors (Lipinski definition) is 1. The van der Waals surface area contributed by atoms with Crippen molar-refractivity contribution in [1.29, 1.82) is 0 Å². The molecule has 86 valence electrons. The highest BCUT2D eigenvalue weighted by Gasteiger charge is 2.33. The minimum Gasteiger partial charge on any atom is -0.481 e. The summed E-state index contributed by atoms with van der Waals surface area (Å²) in [5, 5.41) is 9.28. The summed E-state index contributed by atoms with van der Waals surface area (Å²) in [6.45, 7) is 3.71. The Bertz CT molecular complexity index is 390. The third-order valence-electron chi connectivity index (χ3n) is 3.78. The van der Waals surface area contributed by atoms with Crippen LogP contribution >= 0.6 is 0 Å².